The molecule has 4 saturated heterocycles. The fourth-order valence-corrected chi connectivity index (χ4v) is 11.5. The molecule has 0 amide bonds. The van der Waals surface area contributed by atoms with E-state index in [0.29, 0.717) is 0 Å². The first-order valence-electron chi connectivity index (χ1n) is 27.1. The van der Waals surface area contributed by atoms with Crippen molar-refractivity contribution in [2.45, 2.75) is 19.6 Å². The third-order valence-electron chi connectivity index (χ3n) is 11.9. The third-order valence-corrected chi connectivity index (χ3v) is 16.8. The van der Waals surface area contributed by atoms with Crippen molar-refractivity contribution < 1.29 is 138 Å². The maximum atomic E-state index is 8.64. The Hall–Kier alpha value is 0.983. The molecule has 22 heteroatoms. The van der Waals surface area contributed by atoms with Gasteiger partial charge in [0.15, 0.2) is 0 Å². The molecule has 15 nitrogen and oxygen atoms in total. The first kappa shape index (κ1) is 78.0. The number of rotatable bonds is 26. The van der Waals surface area contributed by atoms with Gasteiger partial charge in [-0.15, -0.1) is 47.0 Å². The van der Waals surface area contributed by atoms with E-state index in [1.54, 1.807) is 0 Å². The van der Waals surface area contributed by atoms with E-state index in [-0.39, 0.29) is 111 Å². The molecule has 4 aliphatic heterocycles. The predicted molar refractivity (Wildman–Crippen MR) is 327 cm³/mol. The predicted octanol–water partition coefficient (Wildman–Crippen LogP) is 0.189. The molecule has 79 heavy (non-hydrogen) atoms. The van der Waals surface area contributed by atoms with Gasteiger partial charge in [0.25, 0.3) is 6.47 Å². The molecule has 4 aromatic rings. The van der Waals surface area contributed by atoms with Crippen LogP contribution in [-0.4, -0.2) is 237 Å². The molecule has 0 aromatic heterocycles. The van der Waals surface area contributed by atoms with Crippen LogP contribution in [-0.2, 0) is 28.6 Å². The Morgan fingerprint density at radius 1 is 0.494 bits per heavy atom. The summed E-state index contributed by atoms with van der Waals surface area (Å²) in [4.78, 5) is 28.9. The van der Waals surface area contributed by atoms with E-state index in [4.69, 9.17) is 40.5 Å². The molecule has 0 unspecified atom stereocenters. The number of nitrogens with two attached hydrogens (primary N) is 2. The van der Waals surface area contributed by atoms with Crippen molar-refractivity contribution >= 4 is 69.4 Å². The topological polar surface area (TPSA) is 167 Å². The zero-order valence-corrected chi connectivity index (χ0v) is 58.6. The number of morpholine rings is 4. The average Bonchev–Trinajstić information content (AvgIpc) is 3.50. The Morgan fingerprint density at radius 3 is 1.11 bits per heavy atom. The largest absolute Gasteiger partial charge is 1.00 e. The van der Waals surface area contributed by atoms with Gasteiger partial charge >= 0.3 is 103 Å². The smallest absolute Gasteiger partial charge is 1.00 e. The second-order valence-electron chi connectivity index (χ2n) is 17.5. The molecule has 0 spiro atoms. The summed E-state index contributed by atoms with van der Waals surface area (Å²) < 4.78 is 21.1. The summed E-state index contributed by atoms with van der Waals surface area (Å²) in [6.07, 6.45) is 0. The molecule has 0 atom stereocenters. The molecule has 4 aromatic carbocycles. The van der Waals surface area contributed by atoms with Crippen molar-refractivity contribution in [3.63, 3.8) is 0 Å². The molecule has 4 aliphatic rings. The number of thioether (sulfide) groups is 4. The van der Waals surface area contributed by atoms with Crippen LogP contribution in [0, 0.1) is 0 Å². The number of hydrogen-bond acceptors (Lipinski definition) is 19. The van der Waals surface area contributed by atoms with Gasteiger partial charge in [-0.2, -0.15) is 0 Å². The van der Waals surface area contributed by atoms with Gasteiger partial charge in [-0.05, 0) is 48.5 Å². The molecule has 434 valence electrons. The Bertz CT molecular complexity index is 1820. The molecular formula is C57H91BrK2N8O7S4. The molecule has 8 rings (SSSR count). The Balaban J connectivity index is 0.00000102. The van der Waals surface area contributed by atoms with Crippen LogP contribution < -0.4 is 125 Å². The normalized spacial score (nSPS) is 15.7. The van der Waals surface area contributed by atoms with E-state index in [0.717, 1.165) is 206 Å². The number of nitrogens with zero attached hydrogens (tertiary/aromatic N) is 5. The number of carbonyl (C=O) groups is 1. The van der Waals surface area contributed by atoms with Crippen LogP contribution in [0.4, 0.5) is 0 Å². The van der Waals surface area contributed by atoms with Gasteiger partial charge in [-0.1, -0.05) is 88.7 Å². The van der Waals surface area contributed by atoms with Crippen LogP contribution in [0.5, 0.6) is 0 Å². The zero-order chi connectivity index (χ0) is 54.7. The van der Waals surface area contributed by atoms with Gasteiger partial charge < -0.3 is 52.2 Å². The first-order chi connectivity index (χ1) is 38.1. The van der Waals surface area contributed by atoms with Gasteiger partial charge in [-0.3, -0.25) is 24.4 Å². The number of hydrogen-bond donors (Lipinski definition) is 3. The van der Waals surface area contributed by atoms with Gasteiger partial charge in [0.2, 0.25) is 0 Å². The Kier molecular flexibility index (Phi) is 57.3. The van der Waals surface area contributed by atoms with Crippen molar-refractivity contribution in [2.24, 2.45) is 11.5 Å². The second kappa shape index (κ2) is 58.0. The number of ether oxygens (including phenoxy) is 4. The summed E-state index contributed by atoms with van der Waals surface area (Å²) in [6, 6.07) is 42.5. The van der Waals surface area contributed by atoms with Gasteiger partial charge in [0.05, 0.1) is 52.9 Å². The summed E-state index contributed by atoms with van der Waals surface area (Å²) in [6.45, 7) is 26.8. The quantitative estimate of drug-likeness (QED) is 0.0148. The van der Waals surface area contributed by atoms with Crippen LogP contribution in [0.25, 0.3) is 0 Å². The minimum Gasteiger partial charge on any atom is -1.00 e. The SMILES string of the molecule is BrCCSc1ccccc1.NCCN1CCOCC1.NCCN1CCOCC1.O=CO[O-].[H-].[K+].[K+].c1ccc(SCCN(CCSc2ccccc2)CCN2CCOCC2)cc1.c1ccc(SCCNCCN2CCOCC2)cc1. The van der Waals surface area contributed by atoms with E-state index in [1.165, 1.54) is 19.6 Å². The van der Waals surface area contributed by atoms with E-state index in [1.807, 2.05) is 53.1 Å². The summed E-state index contributed by atoms with van der Waals surface area (Å²) >= 11 is 11.1. The fraction of sp³-hybridized carbons (Fsp3) is 0.561. The van der Waals surface area contributed by atoms with Crippen LogP contribution in [0.1, 0.15) is 1.43 Å². The van der Waals surface area contributed by atoms with Gasteiger partial charge in [0, 0.05) is 172 Å². The van der Waals surface area contributed by atoms with Crippen molar-refractivity contribution in [3.05, 3.63) is 121 Å². The summed E-state index contributed by atoms with van der Waals surface area (Å²) in [5, 5.41) is 13.0. The Morgan fingerprint density at radius 2 is 0.797 bits per heavy atom. The summed E-state index contributed by atoms with van der Waals surface area (Å²) in [5.74, 6) is 4.56. The van der Waals surface area contributed by atoms with E-state index in [2.05, 4.69) is 166 Å². The maximum Gasteiger partial charge on any atom is 1.00 e. The maximum absolute atomic E-state index is 8.64. The monoisotopic (exact) mass is 1280 g/mol. The van der Waals surface area contributed by atoms with Crippen LogP contribution in [0.15, 0.2) is 141 Å². The van der Waals surface area contributed by atoms with Crippen molar-refractivity contribution in [3.8, 4) is 0 Å². The molecule has 0 radical (unpaired) electrons. The molecule has 0 saturated carbocycles. The summed E-state index contributed by atoms with van der Waals surface area (Å²) in [7, 11) is 0. The number of benzene rings is 4. The van der Waals surface area contributed by atoms with E-state index >= 15 is 0 Å². The van der Waals surface area contributed by atoms with Crippen LogP contribution >= 0.6 is 63.0 Å². The van der Waals surface area contributed by atoms with Crippen molar-refractivity contribution in [1.29, 1.82) is 0 Å². The number of halogens is 1. The molecule has 4 fully saturated rings. The first-order valence-corrected chi connectivity index (χ1v) is 32.2. The third kappa shape index (κ3) is 45.0. The van der Waals surface area contributed by atoms with Crippen LogP contribution in [0.2, 0.25) is 0 Å². The minimum atomic E-state index is -0.181. The van der Waals surface area contributed by atoms with Crippen molar-refractivity contribution in [1.82, 2.24) is 29.8 Å². The molecule has 5 N–H and O–H groups in total. The number of alkyl halides is 1. The number of carbonyl (C=O) groups excluding carboxylic acids is 1. The fourth-order valence-electron chi connectivity index (χ4n) is 7.69. The number of nitrogens with one attached hydrogen (secondary N) is 1. The van der Waals surface area contributed by atoms with Gasteiger partial charge in [0.1, 0.15) is 0 Å². The minimum absolute atomic E-state index is 0. The standard InChI is InChI=1S/C22H30N2OS2.C14H22N2OS.C8H9BrS.2C6H14N2O.CH2O3.2K.H/c1-3-7-21(8-4-1)26-19-15-24(12-11-23-13-17-25-18-14-23)16-20-27-22-9-5-2-6-10-22;1-2-4-14(5-3-1)18-13-7-15-6-8-16-9-11-17-12-10-16;9-6-7-10-8-4-2-1-3-5-8;2*7-1-2-8-3-5-9-6-4-8;2-1-4-3;;;/h1-10H,11-20H2;1-5,15H,6-13H2;1-5H,6-7H2;2*1-7H2;1,3H;;;/q;;;;;;2*+1;-1/p-1. The zero-order valence-electron chi connectivity index (χ0n) is 48.5. The average molecular weight is 1290 g/mol. The Labute approximate surface area is 587 Å². The van der Waals surface area contributed by atoms with Crippen LogP contribution in [0.3, 0.4) is 0 Å². The summed E-state index contributed by atoms with van der Waals surface area (Å²) in [5.41, 5.74) is 10.8. The second-order valence-corrected chi connectivity index (χ2v) is 23.0. The van der Waals surface area contributed by atoms with Gasteiger partial charge in [-0.25, -0.2) is 0 Å². The van der Waals surface area contributed by atoms with E-state index in [9.17, 15) is 0 Å². The molecule has 0 bridgehead atoms. The molecule has 0 aliphatic carbocycles. The van der Waals surface area contributed by atoms with E-state index < -0.39 is 0 Å². The molecular weight excluding hydrogens is 1200 g/mol. The van der Waals surface area contributed by atoms with Crippen molar-refractivity contribution in [2.75, 3.05) is 206 Å². The molecule has 4 heterocycles.